The number of carbonyl (C=O) groups is 2. The van der Waals surface area contributed by atoms with Gasteiger partial charge in [0.15, 0.2) is 5.78 Å². The molecule has 0 spiro atoms. The first-order valence-corrected chi connectivity index (χ1v) is 8.30. The zero-order valence-corrected chi connectivity index (χ0v) is 14.2. The number of allylic oxidation sites excluding steroid dienone is 2. The molecule has 7 nitrogen and oxygen atoms in total. The van der Waals surface area contributed by atoms with Crippen molar-refractivity contribution < 1.29 is 14.3 Å². The lowest BCUT2D eigenvalue weighted by atomic mass is 9.85. The van der Waals surface area contributed by atoms with Crippen LogP contribution in [0.3, 0.4) is 0 Å². The third-order valence-electron chi connectivity index (χ3n) is 4.42. The number of benzene rings is 1. The number of methoxy groups -OCH3 is 1. The molecule has 4 rings (SSSR count). The van der Waals surface area contributed by atoms with E-state index in [2.05, 4.69) is 15.4 Å². The quantitative estimate of drug-likeness (QED) is 0.831. The molecule has 1 N–H and O–H groups in total. The van der Waals surface area contributed by atoms with Gasteiger partial charge < -0.3 is 10.1 Å². The van der Waals surface area contributed by atoms with Gasteiger partial charge in [-0.2, -0.15) is 4.98 Å². The molecule has 2 aliphatic rings. The van der Waals surface area contributed by atoms with Crippen molar-refractivity contribution in [1.29, 1.82) is 0 Å². The number of esters is 1. The van der Waals surface area contributed by atoms with Gasteiger partial charge in [-0.25, -0.2) is 9.48 Å². The summed E-state index contributed by atoms with van der Waals surface area (Å²) in [5, 5.41) is 8.04. The minimum Gasteiger partial charge on any atom is -0.463 e. The molecule has 1 aliphatic carbocycles. The van der Waals surface area contributed by atoms with Gasteiger partial charge in [-0.05, 0) is 30.5 Å². The van der Waals surface area contributed by atoms with Crippen LogP contribution in [0, 0.1) is 0 Å². The molecule has 2 heterocycles. The molecule has 25 heavy (non-hydrogen) atoms. The molecule has 1 aromatic heterocycles. The van der Waals surface area contributed by atoms with Crippen LogP contribution in [0.1, 0.15) is 41.5 Å². The van der Waals surface area contributed by atoms with Crippen molar-refractivity contribution in [3.8, 4) is 0 Å². The first-order chi connectivity index (χ1) is 12.1. The van der Waals surface area contributed by atoms with Crippen molar-refractivity contribution in [2.45, 2.75) is 25.3 Å². The van der Waals surface area contributed by atoms with Gasteiger partial charge in [-0.3, -0.25) is 4.79 Å². The van der Waals surface area contributed by atoms with Crippen LogP contribution in [-0.2, 0) is 9.53 Å². The number of nitrogens with zero attached hydrogens (tertiary/aromatic N) is 3. The minimum absolute atomic E-state index is 0.0451. The molecule has 0 saturated heterocycles. The number of hydrogen-bond donors (Lipinski definition) is 1. The maximum absolute atomic E-state index is 12.6. The second-order valence-electron chi connectivity index (χ2n) is 5.94. The van der Waals surface area contributed by atoms with Crippen molar-refractivity contribution >= 4 is 29.3 Å². The van der Waals surface area contributed by atoms with Crippen molar-refractivity contribution in [2.75, 3.05) is 12.4 Å². The van der Waals surface area contributed by atoms with E-state index >= 15 is 0 Å². The van der Waals surface area contributed by atoms with Gasteiger partial charge in [0.05, 0.1) is 7.11 Å². The summed E-state index contributed by atoms with van der Waals surface area (Å²) in [6, 6.07) is 6.80. The first kappa shape index (κ1) is 15.8. The fourth-order valence-corrected chi connectivity index (χ4v) is 3.41. The van der Waals surface area contributed by atoms with Crippen LogP contribution < -0.4 is 5.32 Å². The second kappa shape index (κ2) is 6.00. The number of ketones is 1. The summed E-state index contributed by atoms with van der Waals surface area (Å²) in [4.78, 5) is 28.6. The van der Waals surface area contributed by atoms with Gasteiger partial charge in [0.2, 0.25) is 5.95 Å². The zero-order valence-electron chi connectivity index (χ0n) is 13.5. The Hall–Kier alpha value is -2.67. The molecule has 1 aliphatic heterocycles. The maximum Gasteiger partial charge on any atom is 0.378 e. The van der Waals surface area contributed by atoms with Crippen LogP contribution in [0.2, 0.25) is 5.02 Å². The summed E-state index contributed by atoms with van der Waals surface area (Å²) in [6.45, 7) is 0. The molecule has 0 bridgehead atoms. The van der Waals surface area contributed by atoms with E-state index in [9.17, 15) is 9.59 Å². The summed E-state index contributed by atoms with van der Waals surface area (Å²) in [7, 11) is 1.28. The number of hydrogen-bond acceptors (Lipinski definition) is 6. The smallest absolute Gasteiger partial charge is 0.378 e. The monoisotopic (exact) mass is 358 g/mol. The summed E-state index contributed by atoms with van der Waals surface area (Å²) in [6.07, 6.45) is 2.04. The Morgan fingerprint density at radius 3 is 2.80 bits per heavy atom. The highest BCUT2D eigenvalue weighted by Crippen LogP contribution is 2.40. The molecule has 1 unspecified atom stereocenters. The van der Waals surface area contributed by atoms with Crippen molar-refractivity contribution in [2.24, 2.45) is 0 Å². The van der Waals surface area contributed by atoms with Crippen LogP contribution >= 0.6 is 11.6 Å². The fraction of sp³-hybridized carbons (Fsp3) is 0.294. The van der Waals surface area contributed by atoms with Crippen LogP contribution in [0.25, 0.3) is 0 Å². The molecular formula is C17H15ClN4O3. The number of carbonyl (C=O) groups excluding carboxylic acids is 2. The lowest BCUT2D eigenvalue weighted by molar-refractivity contribution is -0.116. The summed E-state index contributed by atoms with van der Waals surface area (Å²) < 4.78 is 6.27. The molecule has 1 aromatic carbocycles. The number of halogens is 1. The number of aromatic nitrogens is 3. The number of ether oxygens (including phenoxy) is 1. The fourth-order valence-electron chi connectivity index (χ4n) is 3.29. The predicted molar refractivity (Wildman–Crippen MR) is 90.5 cm³/mol. The Morgan fingerprint density at radius 2 is 2.08 bits per heavy atom. The van der Waals surface area contributed by atoms with Gasteiger partial charge in [-0.15, -0.1) is 5.10 Å². The first-order valence-electron chi connectivity index (χ1n) is 7.92. The Kier molecular flexibility index (Phi) is 3.80. The minimum atomic E-state index is -0.622. The van der Waals surface area contributed by atoms with Crippen LogP contribution in [-0.4, -0.2) is 33.6 Å². The van der Waals surface area contributed by atoms with E-state index < -0.39 is 12.0 Å². The number of fused-ring (bicyclic) bond motifs is 1. The third kappa shape index (κ3) is 2.60. The van der Waals surface area contributed by atoms with E-state index in [0.29, 0.717) is 23.0 Å². The van der Waals surface area contributed by atoms with E-state index in [0.717, 1.165) is 24.1 Å². The summed E-state index contributed by atoms with van der Waals surface area (Å²) >= 11 is 5.99. The predicted octanol–water partition coefficient (Wildman–Crippen LogP) is 2.74. The Labute approximate surface area is 148 Å². The second-order valence-corrected chi connectivity index (χ2v) is 6.38. The van der Waals surface area contributed by atoms with Crippen molar-refractivity contribution in [1.82, 2.24) is 14.8 Å². The Balaban J connectivity index is 1.89. The van der Waals surface area contributed by atoms with Gasteiger partial charge in [0, 0.05) is 22.7 Å². The normalized spacial score (nSPS) is 19.1. The summed E-state index contributed by atoms with van der Waals surface area (Å²) in [5.41, 5.74) is 2.37. The maximum atomic E-state index is 12.6. The SMILES string of the molecule is COC(=O)c1nc2n(n1)C(c1ccc(Cl)cc1)C1=C(CCCC1=O)N2. The van der Waals surface area contributed by atoms with E-state index in [-0.39, 0.29) is 11.6 Å². The Morgan fingerprint density at radius 1 is 1.32 bits per heavy atom. The summed E-state index contributed by atoms with van der Waals surface area (Å²) in [5.74, 6) is -0.164. The van der Waals surface area contributed by atoms with Crippen LogP contribution in [0.4, 0.5) is 5.95 Å². The average Bonchev–Trinajstić information content (AvgIpc) is 3.04. The largest absolute Gasteiger partial charge is 0.463 e. The molecule has 0 amide bonds. The van der Waals surface area contributed by atoms with Gasteiger partial charge in [-0.1, -0.05) is 23.7 Å². The average molecular weight is 359 g/mol. The van der Waals surface area contributed by atoms with Crippen molar-refractivity contribution in [3.05, 3.63) is 51.9 Å². The van der Waals surface area contributed by atoms with Gasteiger partial charge in [0.1, 0.15) is 6.04 Å². The van der Waals surface area contributed by atoms with E-state index in [4.69, 9.17) is 16.3 Å². The number of rotatable bonds is 2. The third-order valence-corrected chi connectivity index (χ3v) is 4.67. The van der Waals surface area contributed by atoms with E-state index in [1.54, 1.807) is 16.8 Å². The molecule has 0 radical (unpaired) electrons. The highest BCUT2D eigenvalue weighted by atomic mass is 35.5. The lowest BCUT2D eigenvalue weighted by Gasteiger charge is -2.32. The van der Waals surface area contributed by atoms with Crippen LogP contribution in [0.5, 0.6) is 0 Å². The van der Waals surface area contributed by atoms with Crippen molar-refractivity contribution in [3.63, 3.8) is 0 Å². The molecule has 0 fully saturated rings. The molecule has 8 heteroatoms. The van der Waals surface area contributed by atoms with E-state index in [1.165, 1.54) is 7.11 Å². The highest BCUT2D eigenvalue weighted by molar-refractivity contribution is 6.30. The number of anilines is 1. The zero-order chi connectivity index (χ0) is 17.6. The van der Waals surface area contributed by atoms with Gasteiger partial charge >= 0.3 is 5.97 Å². The van der Waals surface area contributed by atoms with Crippen LogP contribution in [0.15, 0.2) is 35.5 Å². The standard InChI is InChI=1S/C17H15ClN4O3/c1-25-16(24)15-20-17-19-11-3-2-4-12(23)13(11)14(22(17)21-15)9-5-7-10(18)8-6-9/h5-8,14H,2-4H2,1H3,(H,19,20,21). The lowest BCUT2D eigenvalue weighted by Crippen LogP contribution is -2.31. The van der Waals surface area contributed by atoms with E-state index in [1.807, 2.05) is 12.1 Å². The topological polar surface area (TPSA) is 86.1 Å². The molecule has 2 aromatic rings. The molecule has 128 valence electrons. The molecule has 1 atom stereocenters. The number of nitrogens with one attached hydrogen (secondary N) is 1. The Bertz CT molecular complexity index is 901. The molecule has 0 saturated carbocycles. The highest BCUT2D eigenvalue weighted by Gasteiger charge is 2.37. The molecular weight excluding hydrogens is 344 g/mol. The number of Topliss-reactive ketones (excluding diaryl/α,β-unsaturated/α-hetero) is 1. The van der Waals surface area contributed by atoms with Gasteiger partial charge in [0.25, 0.3) is 5.82 Å².